The Balaban J connectivity index is 2.02. The van der Waals surface area contributed by atoms with Crippen molar-refractivity contribution < 1.29 is 9.52 Å². The van der Waals surface area contributed by atoms with Crippen molar-refractivity contribution in [1.29, 1.82) is 0 Å². The third-order valence-electron chi connectivity index (χ3n) is 3.61. The van der Waals surface area contributed by atoms with E-state index in [4.69, 9.17) is 16.0 Å². The number of para-hydroxylation sites is 1. The van der Waals surface area contributed by atoms with E-state index in [9.17, 15) is 5.11 Å². The molecule has 1 aliphatic carbocycles. The number of rotatable bonds is 1. The maximum absolute atomic E-state index is 10.0. The van der Waals surface area contributed by atoms with Gasteiger partial charge in [-0.2, -0.15) is 0 Å². The Kier molecular flexibility index (Phi) is 2.85. The molecule has 2 unspecified atom stereocenters. The molecule has 1 aromatic carbocycles. The van der Waals surface area contributed by atoms with Crippen LogP contribution < -0.4 is 0 Å². The molecule has 17 heavy (non-hydrogen) atoms. The number of hydrogen-bond acceptors (Lipinski definition) is 2. The van der Waals surface area contributed by atoms with Crippen molar-refractivity contribution in [2.24, 2.45) is 0 Å². The van der Waals surface area contributed by atoms with E-state index in [1.54, 1.807) is 0 Å². The van der Waals surface area contributed by atoms with E-state index in [1.165, 1.54) is 0 Å². The normalized spacial score (nSPS) is 25.3. The Bertz CT molecular complexity index is 532. The second-order valence-corrected chi connectivity index (χ2v) is 5.17. The Hall–Kier alpha value is -0.990. The summed E-state index contributed by atoms with van der Waals surface area (Å²) >= 11 is 6.09. The van der Waals surface area contributed by atoms with Gasteiger partial charge in [-0.05, 0) is 25.0 Å². The molecule has 1 aromatic heterocycles. The average molecular weight is 251 g/mol. The second-order valence-electron chi connectivity index (χ2n) is 4.77. The van der Waals surface area contributed by atoms with E-state index < -0.39 is 0 Å². The van der Waals surface area contributed by atoms with Gasteiger partial charge >= 0.3 is 0 Å². The lowest BCUT2D eigenvalue weighted by atomic mass is 9.85. The molecule has 0 radical (unpaired) electrons. The van der Waals surface area contributed by atoms with Gasteiger partial charge in [0.05, 0.1) is 11.1 Å². The molecule has 90 valence electrons. The van der Waals surface area contributed by atoms with Gasteiger partial charge in [-0.1, -0.05) is 36.6 Å². The van der Waals surface area contributed by atoms with Crippen LogP contribution in [0.15, 0.2) is 28.7 Å². The third-order valence-corrected chi connectivity index (χ3v) is 3.91. The highest BCUT2D eigenvalue weighted by Crippen LogP contribution is 2.37. The van der Waals surface area contributed by atoms with Crippen LogP contribution in [0.4, 0.5) is 0 Å². The summed E-state index contributed by atoms with van der Waals surface area (Å²) < 4.78 is 5.82. The van der Waals surface area contributed by atoms with Gasteiger partial charge in [-0.3, -0.25) is 0 Å². The number of aliphatic hydroxyl groups excluding tert-OH is 1. The van der Waals surface area contributed by atoms with Crippen molar-refractivity contribution in [3.8, 4) is 0 Å². The van der Waals surface area contributed by atoms with Crippen LogP contribution in [0.1, 0.15) is 37.4 Å². The third kappa shape index (κ3) is 1.96. The molecule has 3 heteroatoms. The molecule has 0 aliphatic heterocycles. The molecule has 1 fully saturated rings. The summed E-state index contributed by atoms with van der Waals surface area (Å²) in [5.74, 6) is 1.01. The monoisotopic (exact) mass is 250 g/mol. The fraction of sp³-hybridized carbons (Fsp3) is 0.429. The maximum atomic E-state index is 10.0. The number of furan rings is 1. The molecule has 0 spiro atoms. The minimum absolute atomic E-state index is 0.132. The summed E-state index contributed by atoms with van der Waals surface area (Å²) in [7, 11) is 0. The lowest BCUT2D eigenvalue weighted by Crippen LogP contribution is -2.21. The van der Waals surface area contributed by atoms with Crippen molar-refractivity contribution in [3.05, 3.63) is 35.0 Å². The van der Waals surface area contributed by atoms with Gasteiger partial charge in [0.2, 0.25) is 0 Å². The van der Waals surface area contributed by atoms with Crippen LogP contribution in [-0.4, -0.2) is 11.2 Å². The molecule has 1 saturated carbocycles. The maximum Gasteiger partial charge on any atom is 0.152 e. The van der Waals surface area contributed by atoms with Crippen molar-refractivity contribution in [2.75, 3.05) is 0 Å². The molecule has 3 rings (SSSR count). The van der Waals surface area contributed by atoms with E-state index >= 15 is 0 Å². The van der Waals surface area contributed by atoms with Crippen molar-refractivity contribution in [2.45, 2.75) is 37.7 Å². The minimum Gasteiger partial charge on any atom is -0.459 e. The zero-order chi connectivity index (χ0) is 11.8. The molecule has 1 N–H and O–H groups in total. The quantitative estimate of drug-likeness (QED) is 0.827. The summed E-state index contributed by atoms with van der Waals surface area (Å²) in [4.78, 5) is 0. The first-order valence-corrected chi connectivity index (χ1v) is 6.49. The van der Waals surface area contributed by atoms with Gasteiger partial charge in [-0.15, -0.1) is 0 Å². The smallest absolute Gasteiger partial charge is 0.152 e. The van der Waals surface area contributed by atoms with Gasteiger partial charge in [0.1, 0.15) is 5.76 Å². The zero-order valence-electron chi connectivity index (χ0n) is 9.53. The Morgan fingerprint density at radius 2 is 2.06 bits per heavy atom. The lowest BCUT2D eigenvalue weighted by molar-refractivity contribution is 0.0973. The first-order chi connectivity index (χ1) is 8.25. The van der Waals surface area contributed by atoms with Crippen molar-refractivity contribution in [3.63, 3.8) is 0 Å². The number of benzene rings is 1. The summed E-state index contributed by atoms with van der Waals surface area (Å²) in [5.41, 5.74) is 0.738. The molecule has 0 bridgehead atoms. The fourth-order valence-corrected chi connectivity index (χ4v) is 2.89. The largest absolute Gasteiger partial charge is 0.459 e. The predicted molar refractivity (Wildman–Crippen MR) is 68.4 cm³/mol. The highest BCUT2D eigenvalue weighted by atomic mass is 35.5. The van der Waals surface area contributed by atoms with E-state index in [0.29, 0.717) is 5.02 Å². The van der Waals surface area contributed by atoms with Crippen LogP contribution in [0.3, 0.4) is 0 Å². The van der Waals surface area contributed by atoms with E-state index in [1.807, 2.05) is 24.3 Å². The number of halogens is 1. The van der Waals surface area contributed by atoms with Crippen molar-refractivity contribution >= 4 is 22.6 Å². The van der Waals surface area contributed by atoms with Crippen molar-refractivity contribution in [1.82, 2.24) is 0 Å². The topological polar surface area (TPSA) is 33.4 Å². The van der Waals surface area contributed by atoms with E-state index in [2.05, 4.69) is 0 Å². The highest BCUT2D eigenvalue weighted by molar-refractivity contribution is 6.34. The molecule has 2 nitrogen and oxygen atoms in total. The summed E-state index contributed by atoms with van der Waals surface area (Å²) in [6, 6.07) is 7.75. The van der Waals surface area contributed by atoms with E-state index in [-0.39, 0.29) is 12.0 Å². The molecule has 0 amide bonds. The first-order valence-electron chi connectivity index (χ1n) is 6.12. The Morgan fingerprint density at radius 3 is 2.82 bits per heavy atom. The molecule has 2 atom stereocenters. The Labute approximate surface area is 105 Å². The van der Waals surface area contributed by atoms with Gasteiger partial charge in [-0.25, -0.2) is 0 Å². The zero-order valence-corrected chi connectivity index (χ0v) is 10.3. The first kappa shape index (κ1) is 11.1. The second kappa shape index (κ2) is 4.35. The number of hydrogen-bond donors (Lipinski definition) is 1. The van der Waals surface area contributed by atoms with Crippen LogP contribution in [0, 0.1) is 0 Å². The van der Waals surface area contributed by atoms with Gasteiger partial charge in [0.25, 0.3) is 0 Å². The molecule has 1 heterocycles. The van der Waals surface area contributed by atoms with E-state index in [0.717, 1.165) is 42.4 Å². The predicted octanol–water partition coefficient (Wildman–Crippen LogP) is 4.10. The summed E-state index contributed by atoms with van der Waals surface area (Å²) in [6.45, 7) is 0. The average Bonchev–Trinajstić information content (AvgIpc) is 2.75. The highest BCUT2D eigenvalue weighted by Gasteiger charge is 2.27. The van der Waals surface area contributed by atoms with Crippen LogP contribution in [0.5, 0.6) is 0 Å². The van der Waals surface area contributed by atoms with Crippen LogP contribution in [-0.2, 0) is 0 Å². The molecule has 0 saturated heterocycles. The number of fused-ring (bicyclic) bond motifs is 1. The standard InChI is InChI=1S/C14H15ClO2/c15-11-6-3-4-9-8-13(17-14(9)11)10-5-1-2-7-12(10)16/h3-4,6,8,10,12,16H,1-2,5,7H2. The minimum atomic E-state index is -0.275. The van der Waals surface area contributed by atoms with Crippen LogP contribution in [0.25, 0.3) is 11.0 Å². The lowest BCUT2D eigenvalue weighted by Gasteiger charge is -2.25. The van der Waals surface area contributed by atoms with Gasteiger partial charge < -0.3 is 9.52 Å². The summed E-state index contributed by atoms with van der Waals surface area (Å²) in [6.07, 6.45) is 3.86. The van der Waals surface area contributed by atoms with Crippen LogP contribution >= 0.6 is 11.6 Å². The molecular weight excluding hydrogens is 236 g/mol. The summed E-state index contributed by atoms with van der Waals surface area (Å²) in [5, 5.41) is 11.7. The molecular formula is C14H15ClO2. The van der Waals surface area contributed by atoms with Gasteiger partial charge in [0.15, 0.2) is 5.58 Å². The van der Waals surface area contributed by atoms with Gasteiger partial charge in [0, 0.05) is 11.3 Å². The fourth-order valence-electron chi connectivity index (χ4n) is 2.67. The number of aliphatic hydroxyl groups is 1. The van der Waals surface area contributed by atoms with Crippen LogP contribution in [0.2, 0.25) is 5.02 Å². The molecule has 2 aromatic rings. The SMILES string of the molecule is OC1CCCCC1c1cc2cccc(Cl)c2o1. The molecule has 1 aliphatic rings. The Morgan fingerprint density at radius 1 is 1.24 bits per heavy atom.